The molecule has 0 saturated carbocycles. The SMILES string of the molecule is Cc1cc(Cl)c(CCCBr)cc1C. The first kappa shape index (κ1) is 11.1. The van der Waals surface area contributed by atoms with E-state index in [1.165, 1.54) is 16.7 Å². The molecular weight excluding hydrogens is 247 g/mol. The fraction of sp³-hybridized carbons (Fsp3) is 0.455. The molecule has 0 N–H and O–H groups in total. The molecule has 0 aliphatic rings. The van der Waals surface area contributed by atoms with E-state index in [9.17, 15) is 0 Å². The summed E-state index contributed by atoms with van der Waals surface area (Å²) in [5.74, 6) is 0. The third-order valence-corrected chi connectivity index (χ3v) is 3.16. The van der Waals surface area contributed by atoms with Crippen LogP contribution in [0, 0.1) is 13.8 Å². The Balaban J connectivity index is 2.88. The van der Waals surface area contributed by atoms with Crippen molar-refractivity contribution in [3.8, 4) is 0 Å². The van der Waals surface area contributed by atoms with Gasteiger partial charge < -0.3 is 0 Å². The van der Waals surface area contributed by atoms with Gasteiger partial charge in [-0.3, -0.25) is 0 Å². The molecule has 0 nitrogen and oxygen atoms in total. The molecule has 0 aromatic heterocycles. The maximum absolute atomic E-state index is 6.12. The van der Waals surface area contributed by atoms with Gasteiger partial charge in [0.25, 0.3) is 0 Å². The number of benzene rings is 1. The van der Waals surface area contributed by atoms with E-state index in [4.69, 9.17) is 11.6 Å². The Labute approximate surface area is 93.4 Å². The maximum atomic E-state index is 6.12. The zero-order chi connectivity index (χ0) is 9.84. The van der Waals surface area contributed by atoms with Crippen LogP contribution in [-0.4, -0.2) is 5.33 Å². The number of halogens is 2. The van der Waals surface area contributed by atoms with Crippen LogP contribution < -0.4 is 0 Å². The molecule has 1 aromatic carbocycles. The minimum atomic E-state index is 0.907. The molecule has 1 rings (SSSR count). The van der Waals surface area contributed by atoms with Gasteiger partial charge in [0.1, 0.15) is 0 Å². The normalized spacial score (nSPS) is 10.5. The standard InChI is InChI=1S/C11H14BrCl/c1-8-6-10(4-3-5-12)11(13)7-9(8)2/h6-7H,3-5H2,1-2H3. The van der Waals surface area contributed by atoms with Gasteiger partial charge in [0.05, 0.1) is 0 Å². The van der Waals surface area contributed by atoms with E-state index in [1.54, 1.807) is 0 Å². The lowest BCUT2D eigenvalue weighted by atomic mass is 10.0. The topological polar surface area (TPSA) is 0 Å². The monoisotopic (exact) mass is 260 g/mol. The van der Waals surface area contributed by atoms with Crippen molar-refractivity contribution in [2.45, 2.75) is 26.7 Å². The highest BCUT2D eigenvalue weighted by Gasteiger charge is 2.02. The van der Waals surface area contributed by atoms with E-state index < -0.39 is 0 Å². The van der Waals surface area contributed by atoms with E-state index in [1.807, 2.05) is 0 Å². The first-order valence-corrected chi connectivity index (χ1v) is 5.96. The Morgan fingerprint density at radius 3 is 2.46 bits per heavy atom. The van der Waals surface area contributed by atoms with Gasteiger partial charge in [-0.15, -0.1) is 0 Å². The number of hydrogen-bond acceptors (Lipinski definition) is 0. The summed E-state index contributed by atoms with van der Waals surface area (Å²) in [4.78, 5) is 0. The van der Waals surface area contributed by atoms with Gasteiger partial charge in [0.2, 0.25) is 0 Å². The molecule has 1 aromatic rings. The quantitative estimate of drug-likeness (QED) is 0.712. The lowest BCUT2D eigenvalue weighted by Crippen LogP contribution is -1.91. The number of alkyl halides is 1. The maximum Gasteiger partial charge on any atom is 0.0440 e. The summed E-state index contributed by atoms with van der Waals surface area (Å²) in [5.41, 5.74) is 3.87. The van der Waals surface area contributed by atoms with Gasteiger partial charge in [0.15, 0.2) is 0 Å². The second-order valence-corrected chi connectivity index (χ2v) is 4.52. The van der Waals surface area contributed by atoms with Crippen LogP contribution in [0.25, 0.3) is 0 Å². The molecular formula is C11H14BrCl. The molecule has 13 heavy (non-hydrogen) atoms. The lowest BCUT2D eigenvalue weighted by Gasteiger charge is -2.07. The van der Waals surface area contributed by atoms with Crippen molar-refractivity contribution in [2.24, 2.45) is 0 Å². The van der Waals surface area contributed by atoms with Crippen molar-refractivity contribution in [3.05, 3.63) is 33.8 Å². The third kappa shape index (κ3) is 2.99. The highest BCUT2D eigenvalue weighted by atomic mass is 79.9. The summed E-state index contributed by atoms with van der Waals surface area (Å²) in [6.07, 6.45) is 2.20. The summed E-state index contributed by atoms with van der Waals surface area (Å²) < 4.78 is 0. The van der Waals surface area contributed by atoms with Gasteiger partial charge in [-0.1, -0.05) is 33.6 Å². The molecule has 0 bridgehead atoms. The molecule has 2 heteroatoms. The molecule has 0 amide bonds. The van der Waals surface area contributed by atoms with E-state index in [0.717, 1.165) is 23.2 Å². The molecule has 0 aliphatic heterocycles. The molecule has 0 radical (unpaired) electrons. The Bertz CT molecular complexity index is 294. The minimum Gasteiger partial charge on any atom is -0.0928 e. The largest absolute Gasteiger partial charge is 0.0928 e. The van der Waals surface area contributed by atoms with Gasteiger partial charge >= 0.3 is 0 Å². The average molecular weight is 262 g/mol. The molecule has 0 atom stereocenters. The summed E-state index contributed by atoms with van der Waals surface area (Å²) >= 11 is 9.54. The summed E-state index contributed by atoms with van der Waals surface area (Å²) in [7, 11) is 0. The Morgan fingerprint density at radius 2 is 1.85 bits per heavy atom. The van der Waals surface area contributed by atoms with Gasteiger partial charge in [0, 0.05) is 10.4 Å². The van der Waals surface area contributed by atoms with E-state index >= 15 is 0 Å². The molecule has 0 fully saturated rings. The van der Waals surface area contributed by atoms with Crippen LogP contribution in [0.15, 0.2) is 12.1 Å². The zero-order valence-electron chi connectivity index (χ0n) is 8.03. The van der Waals surface area contributed by atoms with Crippen LogP contribution in [0.3, 0.4) is 0 Å². The summed E-state index contributed by atoms with van der Waals surface area (Å²) in [5, 5.41) is 1.94. The van der Waals surface area contributed by atoms with Crippen LogP contribution in [0.5, 0.6) is 0 Å². The number of hydrogen-bond donors (Lipinski definition) is 0. The number of aryl methyl sites for hydroxylation is 3. The second kappa shape index (κ2) is 5.02. The van der Waals surface area contributed by atoms with Crippen molar-refractivity contribution in [3.63, 3.8) is 0 Å². The highest BCUT2D eigenvalue weighted by molar-refractivity contribution is 9.09. The Hall–Kier alpha value is -0.0100. The van der Waals surface area contributed by atoms with Crippen molar-refractivity contribution in [1.29, 1.82) is 0 Å². The average Bonchev–Trinajstić information content (AvgIpc) is 2.09. The van der Waals surface area contributed by atoms with Crippen LogP contribution in [0.1, 0.15) is 23.1 Å². The first-order chi connectivity index (χ1) is 6.15. The lowest BCUT2D eigenvalue weighted by molar-refractivity contribution is 0.936. The molecule has 72 valence electrons. The predicted octanol–water partition coefficient (Wildman–Crippen LogP) is 4.28. The second-order valence-electron chi connectivity index (χ2n) is 3.32. The Kier molecular flexibility index (Phi) is 4.27. The van der Waals surface area contributed by atoms with Crippen molar-refractivity contribution in [2.75, 3.05) is 5.33 Å². The van der Waals surface area contributed by atoms with E-state index in [0.29, 0.717) is 0 Å². The molecule has 0 aliphatic carbocycles. The van der Waals surface area contributed by atoms with Crippen LogP contribution in [0.4, 0.5) is 0 Å². The van der Waals surface area contributed by atoms with E-state index in [2.05, 4.69) is 41.9 Å². The van der Waals surface area contributed by atoms with Crippen molar-refractivity contribution < 1.29 is 0 Å². The van der Waals surface area contributed by atoms with Crippen LogP contribution in [0.2, 0.25) is 5.02 Å². The fourth-order valence-corrected chi connectivity index (χ4v) is 1.88. The predicted molar refractivity (Wildman–Crippen MR) is 63.0 cm³/mol. The summed E-state index contributed by atoms with van der Waals surface area (Å²) in [6.45, 7) is 4.22. The molecule has 0 unspecified atom stereocenters. The first-order valence-electron chi connectivity index (χ1n) is 4.46. The minimum absolute atomic E-state index is 0.907. The molecule has 0 spiro atoms. The van der Waals surface area contributed by atoms with Gasteiger partial charge in [-0.25, -0.2) is 0 Å². The smallest absolute Gasteiger partial charge is 0.0440 e. The molecule has 0 saturated heterocycles. The van der Waals surface area contributed by atoms with Crippen LogP contribution in [-0.2, 0) is 6.42 Å². The zero-order valence-corrected chi connectivity index (χ0v) is 10.4. The third-order valence-electron chi connectivity index (χ3n) is 2.24. The molecule has 0 heterocycles. The van der Waals surface area contributed by atoms with Gasteiger partial charge in [-0.2, -0.15) is 0 Å². The van der Waals surface area contributed by atoms with Gasteiger partial charge in [-0.05, 0) is 49.4 Å². The number of rotatable bonds is 3. The van der Waals surface area contributed by atoms with Crippen molar-refractivity contribution in [1.82, 2.24) is 0 Å². The Morgan fingerprint density at radius 1 is 1.23 bits per heavy atom. The van der Waals surface area contributed by atoms with E-state index in [-0.39, 0.29) is 0 Å². The van der Waals surface area contributed by atoms with Crippen molar-refractivity contribution >= 4 is 27.5 Å². The highest BCUT2D eigenvalue weighted by Crippen LogP contribution is 2.22. The van der Waals surface area contributed by atoms with Crippen LogP contribution >= 0.6 is 27.5 Å². The summed E-state index contributed by atoms with van der Waals surface area (Å²) in [6, 6.07) is 4.25. The fourth-order valence-electron chi connectivity index (χ4n) is 1.29.